The highest BCUT2D eigenvalue weighted by molar-refractivity contribution is 5.72. The van der Waals surface area contributed by atoms with E-state index in [1.54, 1.807) is 0 Å². The highest BCUT2D eigenvalue weighted by atomic mass is 16.5. The number of carbonyl (C=O) groups excluding carboxylic acids is 1. The number of rotatable bonds is 7. The van der Waals surface area contributed by atoms with Gasteiger partial charge in [0.2, 0.25) is 0 Å². The topological polar surface area (TPSA) is 50.1 Å². The summed E-state index contributed by atoms with van der Waals surface area (Å²) in [6, 6.07) is 2.56. The number of nitriles is 1. The number of esters is 1. The third-order valence-electron chi connectivity index (χ3n) is 8.50. The van der Waals surface area contributed by atoms with Crippen molar-refractivity contribution < 1.29 is 9.53 Å². The molecule has 29 heavy (non-hydrogen) atoms. The van der Waals surface area contributed by atoms with Crippen LogP contribution in [0.2, 0.25) is 0 Å². The molecule has 3 nitrogen and oxygen atoms in total. The first-order valence-electron chi connectivity index (χ1n) is 12.7. The van der Waals surface area contributed by atoms with Crippen LogP contribution in [-0.4, -0.2) is 12.1 Å². The highest BCUT2D eigenvalue weighted by Crippen LogP contribution is 2.43. The first kappa shape index (κ1) is 22.6. The van der Waals surface area contributed by atoms with E-state index in [-0.39, 0.29) is 23.4 Å². The van der Waals surface area contributed by atoms with Gasteiger partial charge in [0.05, 0.1) is 17.4 Å². The summed E-state index contributed by atoms with van der Waals surface area (Å²) in [7, 11) is 0. The number of ether oxygens (including phenoxy) is 1. The summed E-state index contributed by atoms with van der Waals surface area (Å²) in [6.07, 6.45) is 18.6. The van der Waals surface area contributed by atoms with E-state index in [0.717, 1.165) is 69.1 Å². The van der Waals surface area contributed by atoms with E-state index >= 15 is 0 Å². The Balaban J connectivity index is 1.37. The lowest BCUT2D eigenvalue weighted by atomic mass is 9.68. The van der Waals surface area contributed by atoms with Gasteiger partial charge in [-0.15, -0.1) is 0 Å². The predicted octanol–water partition coefficient (Wildman–Crippen LogP) is 7.20. The molecule has 0 saturated heterocycles. The molecule has 0 aromatic heterocycles. The maximum atomic E-state index is 12.7. The summed E-state index contributed by atoms with van der Waals surface area (Å²) in [5.41, 5.74) is -0.161. The number of carbonyl (C=O) groups is 1. The molecule has 0 aromatic rings. The molecule has 3 fully saturated rings. The normalized spacial score (nSPS) is 38.2. The quantitative estimate of drug-likeness (QED) is 0.424. The molecule has 0 atom stereocenters. The van der Waals surface area contributed by atoms with Crippen LogP contribution in [0.4, 0.5) is 0 Å². The minimum atomic E-state index is -0.161. The van der Waals surface area contributed by atoms with E-state index in [1.807, 2.05) is 0 Å². The molecule has 0 aliphatic heterocycles. The second kappa shape index (κ2) is 10.8. The minimum Gasteiger partial charge on any atom is -0.462 e. The summed E-state index contributed by atoms with van der Waals surface area (Å²) < 4.78 is 5.92. The molecule has 0 amide bonds. The van der Waals surface area contributed by atoms with E-state index in [9.17, 15) is 10.1 Å². The first-order valence-corrected chi connectivity index (χ1v) is 12.7. The summed E-state index contributed by atoms with van der Waals surface area (Å²) >= 11 is 0. The van der Waals surface area contributed by atoms with Gasteiger partial charge in [0.15, 0.2) is 0 Å². The van der Waals surface area contributed by atoms with E-state index in [0.29, 0.717) is 0 Å². The zero-order chi connectivity index (χ0) is 20.7. The lowest BCUT2D eigenvalue weighted by Crippen LogP contribution is -2.34. The largest absolute Gasteiger partial charge is 0.462 e. The second-order valence-corrected chi connectivity index (χ2v) is 10.5. The minimum absolute atomic E-state index is 0.0485. The fourth-order valence-electron chi connectivity index (χ4n) is 6.60. The van der Waals surface area contributed by atoms with E-state index in [4.69, 9.17) is 4.74 Å². The lowest BCUT2D eigenvalue weighted by Gasteiger charge is -2.38. The van der Waals surface area contributed by atoms with Crippen LogP contribution in [0.15, 0.2) is 0 Å². The van der Waals surface area contributed by atoms with E-state index < -0.39 is 0 Å². The Morgan fingerprint density at radius 1 is 0.897 bits per heavy atom. The smallest absolute Gasteiger partial charge is 0.309 e. The maximum Gasteiger partial charge on any atom is 0.309 e. The van der Waals surface area contributed by atoms with Gasteiger partial charge in [-0.25, -0.2) is 0 Å². The molecule has 0 heterocycles. The number of nitrogens with zero attached hydrogens (tertiary/aromatic N) is 1. The van der Waals surface area contributed by atoms with Gasteiger partial charge in [-0.05, 0) is 88.4 Å². The van der Waals surface area contributed by atoms with Crippen molar-refractivity contribution in [3.05, 3.63) is 0 Å². The standard InChI is InChI=1S/C26H43NO2/c1-3-5-20-6-8-21(9-7-20)22-10-12-23(13-11-22)25(28)29-24-14-17-26(19-27,16-4-2)18-15-24/h20-24H,3-18H2,1-2H3. The third-order valence-corrected chi connectivity index (χ3v) is 8.50. The van der Waals surface area contributed by atoms with Crippen LogP contribution in [-0.2, 0) is 9.53 Å². The predicted molar refractivity (Wildman–Crippen MR) is 117 cm³/mol. The van der Waals surface area contributed by atoms with Gasteiger partial charge in [-0.1, -0.05) is 46.0 Å². The van der Waals surface area contributed by atoms with Crippen molar-refractivity contribution >= 4 is 5.97 Å². The van der Waals surface area contributed by atoms with E-state index in [2.05, 4.69) is 19.9 Å². The zero-order valence-corrected chi connectivity index (χ0v) is 19.0. The Morgan fingerprint density at radius 2 is 1.48 bits per heavy atom. The second-order valence-electron chi connectivity index (χ2n) is 10.5. The molecule has 3 heteroatoms. The fraction of sp³-hybridized carbons (Fsp3) is 0.923. The molecule has 0 aromatic carbocycles. The van der Waals surface area contributed by atoms with Crippen LogP contribution in [0.25, 0.3) is 0 Å². The monoisotopic (exact) mass is 401 g/mol. The Labute approximate surface area is 179 Å². The van der Waals surface area contributed by atoms with Crippen LogP contribution in [0.1, 0.15) is 117 Å². The molecule has 3 aliphatic carbocycles. The molecule has 0 unspecified atom stereocenters. The van der Waals surface area contributed by atoms with Crippen molar-refractivity contribution in [2.45, 2.75) is 123 Å². The van der Waals surface area contributed by atoms with Gasteiger partial charge < -0.3 is 4.74 Å². The molecule has 0 N–H and O–H groups in total. The molecular formula is C26H43NO2. The van der Waals surface area contributed by atoms with Crippen molar-refractivity contribution in [2.24, 2.45) is 29.1 Å². The van der Waals surface area contributed by atoms with Crippen LogP contribution in [0, 0.1) is 40.4 Å². The molecule has 3 saturated carbocycles. The van der Waals surface area contributed by atoms with Gasteiger partial charge >= 0.3 is 5.97 Å². The summed E-state index contributed by atoms with van der Waals surface area (Å²) in [5, 5.41) is 9.56. The van der Waals surface area contributed by atoms with Crippen LogP contribution < -0.4 is 0 Å². The molecule has 0 radical (unpaired) electrons. The number of hydrogen-bond acceptors (Lipinski definition) is 3. The third kappa shape index (κ3) is 5.99. The van der Waals surface area contributed by atoms with Gasteiger partial charge in [0, 0.05) is 0 Å². The first-order chi connectivity index (χ1) is 14.1. The molecule has 3 aliphatic rings. The average Bonchev–Trinajstić information content (AvgIpc) is 2.76. The molecule has 0 spiro atoms. The Morgan fingerprint density at radius 3 is 2.00 bits per heavy atom. The molecule has 3 rings (SSSR count). The van der Waals surface area contributed by atoms with Crippen molar-refractivity contribution in [3.63, 3.8) is 0 Å². The van der Waals surface area contributed by atoms with Gasteiger partial charge in [-0.2, -0.15) is 5.26 Å². The molecular weight excluding hydrogens is 358 g/mol. The van der Waals surface area contributed by atoms with Gasteiger partial charge in [0.25, 0.3) is 0 Å². The average molecular weight is 402 g/mol. The fourth-order valence-corrected chi connectivity index (χ4v) is 6.60. The van der Waals surface area contributed by atoms with E-state index in [1.165, 1.54) is 51.4 Å². The lowest BCUT2D eigenvalue weighted by molar-refractivity contribution is -0.158. The SMILES string of the molecule is CCCC1CCC(C2CCC(C(=O)OC3CCC(C#N)(CCC)CC3)CC2)CC1. The zero-order valence-electron chi connectivity index (χ0n) is 19.0. The van der Waals surface area contributed by atoms with Gasteiger partial charge in [0.1, 0.15) is 6.10 Å². The number of hydrogen-bond donors (Lipinski definition) is 0. The van der Waals surface area contributed by atoms with Crippen molar-refractivity contribution in [1.29, 1.82) is 5.26 Å². The highest BCUT2D eigenvalue weighted by Gasteiger charge is 2.38. The van der Waals surface area contributed by atoms with Crippen LogP contribution in [0.5, 0.6) is 0 Å². The molecule has 0 bridgehead atoms. The Hall–Kier alpha value is -1.04. The van der Waals surface area contributed by atoms with Crippen LogP contribution in [0.3, 0.4) is 0 Å². The van der Waals surface area contributed by atoms with Gasteiger partial charge in [-0.3, -0.25) is 4.79 Å². The Kier molecular flexibility index (Phi) is 8.45. The summed E-state index contributed by atoms with van der Waals surface area (Å²) in [6.45, 7) is 4.46. The maximum absolute atomic E-state index is 12.7. The Bertz CT molecular complexity index is 542. The summed E-state index contributed by atoms with van der Waals surface area (Å²) in [5.74, 6) is 2.92. The van der Waals surface area contributed by atoms with Crippen LogP contribution >= 0.6 is 0 Å². The van der Waals surface area contributed by atoms with Crippen molar-refractivity contribution in [3.8, 4) is 6.07 Å². The summed E-state index contributed by atoms with van der Waals surface area (Å²) in [4.78, 5) is 12.7. The molecule has 164 valence electrons. The van der Waals surface area contributed by atoms with Crippen molar-refractivity contribution in [1.82, 2.24) is 0 Å². The van der Waals surface area contributed by atoms with Crippen molar-refractivity contribution in [2.75, 3.05) is 0 Å².